The molecule has 1 aromatic heterocycles. The maximum Gasteiger partial charge on any atom is 0.311 e. The molecule has 0 bridgehead atoms. The molecule has 6 heteroatoms. The van der Waals surface area contributed by atoms with E-state index in [1.54, 1.807) is 25.1 Å². The van der Waals surface area contributed by atoms with Gasteiger partial charge in [-0.25, -0.2) is 4.98 Å². The molecule has 1 heterocycles. The highest BCUT2D eigenvalue weighted by atomic mass is 16.6. The summed E-state index contributed by atoms with van der Waals surface area (Å²) < 4.78 is 0. The van der Waals surface area contributed by atoms with Gasteiger partial charge in [0.15, 0.2) is 0 Å². The second kappa shape index (κ2) is 7.00. The van der Waals surface area contributed by atoms with Crippen molar-refractivity contribution in [1.82, 2.24) is 4.98 Å². The fourth-order valence-corrected chi connectivity index (χ4v) is 2.48. The summed E-state index contributed by atoms with van der Waals surface area (Å²) in [5, 5.41) is 20.6. The standard InChI is InChI=1S/C16H19N3O3/c1-12-10-15(19(21)22)16(17-11-12)18(2)14(8-9-20)13-6-4-3-5-7-13/h3-7,10-11,14,20H,8-9H2,1-2H3. The van der Waals surface area contributed by atoms with Crippen molar-refractivity contribution < 1.29 is 10.0 Å². The molecular formula is C16H19N3O3. The maximum atomic E-state index is 11.3. The predicted octanol–water partition coefficient (Wildman–Crippen LogP) is 2.86. The molecule has 116 valence electrons. The van der Waals surface area contributed by atoms with Crippen LogP contribution >= 0.6 is 0 Å². The fraction of sp³-hybridized carbons (Fsp3) is 0.312. The molecule has 0 fully saturated rings. The van der Waals surface area contributed by atoms with Gasteiger partial charge in [-0.15, -0.1) is 0 Å². The topological polar surface area (TPSA) is 79.5 Å². The number of benzene rings is 1. The van der Waals surface area contributed by atoms with E-state index in [0.29, 0.717) is 12.2 Å². The molecular weight excluding hydrogens is 282 g/mol. The Morgan fingerprint density at radius 2 is 2.05 bits per heavy atom. The summed E-state index contributed by atoms with van der Waals surface area (Å²) in [6, 6.07) is 10.9. The van der Waals surface area contributed by atoms with Crippen LogP contribution in [0.5, 0.6) is 0 Å². The normalized spacial score (nSPS) is 12.0. The lowest BCUT2D eigenvalue weighted by Gasteiger charge is -2.29. The molecule has 0 aliphatic rings. The summed E-state index contributed by atoms with van der Waals surface area (Å²) in [6.07, 6.45) is 2.08. The van der Waals surface area contributed by atoms with Crippen LogP contribution in [0.2, 0.25) is 0 Å². The van der Waals surface area contributed by atoms with E-state index in [1.807, 2.05) is 30.3 Å². The van der Waals surface area contributed by atoms with E-state index in [2.05, 4.69) is 4.98 Å². The average molecular weight is 301 g/mol. The van der Waals surface area contributed by atoms with Crippen molar-refractivity contribution in [2.45, 2.75) is 19.4 Å². The van der Waals surface area contributed by atoms with E-state index < -0.39 is 4.92 Å². The second-order valence-corrected chi connectivity index (χ2v) is 5.16. The lowest BCUT2D eigenvalue weighted by molar-refractivity contribution is -0.384. The van der Waals surface area contributed by atoms with Gasteiger partial charge in [0.2, 0.25) is 5.82 Å². The molecule has 6 nitrogen and oxygen atoms in total. The first-order valence-electron chi connectivity index (χ1n) is 7.04. The van der Waals surface area contributed by atoms with Crippen LogP contribution in [-0.4, -0.2) is 28.7 Å². The third kappa shape index (κ3) is 3.40. The molecule has 0 radical (unpaired) electrons. The largest absolute Gasteiger partial charge is 0.396 e. The van der Waals surface area contributed by atoms with Crippen LogP contribution in [0.4, 0.5) is 11.5 Å². The van der Waals surface area contributed by atoms with Crippen molar-refractivity contribution in [1.29, 1.82) is 0 Å². The van der Waals surface area contributed by atoms with Crippen LogP contribution in [-0.2, 0) is 0 Å². The summed E-state index contributed by atoms with van der Waals surface area (Å²) in [6.45, 7) is 1.76. The van der Waals surface area contributed by atoms with Gasteiger partial charge in [-0.2, -0.15) is 0 Å². The Kier molecular flexibility index (Phi) is 5.06. The Labute approximate surface area is 129 Å². The lowest BCUT2D eigenvalue weighted by atomic mass is 10.0. The molecule has 0 saturated carbocycles. The van der Waals surface area contributed by atoms with Gasteiger partial charge >= 0.3 is 5.69 Å². The molecule has 1 unspecified atom stereocenters. The van der Waals surface area contributed by atoms with Crippen molar-refractivity contribution in [2.24, 2.45) is 0 Å². The molecule has 0 aliphatic heterocycles. The second-order valence-electron chi connectivity index (χ2n) is 5.16. The van der Waals surface area contributed by atoms with Gasteiger partial charge in [-0.05, 0) is 24.5 Å². The Bertz CT molecular complexity index is 646. The quantitative estimate of drug-likeness (QED) is 0.655. The molecule has 0 spiro atoms. The lowest BCUT2D eigenvalue weighted by Crippen LogP contribution is -2.26. The van der Waals surface area contributed by atoms with Crippen molar-refractivity contribution in [3.8, 4) is 0 Å². The van der Waals surface area contributed by atoms with Gasteiger partial charge in [0.1, 0.15) is 0 Å². The number of anilines is 1. The number of aliphatic hydroxyl groups is 1. The number of nitro groups is 1. The average Bonchev–Trinajstić information content (AvgIpc) is 2.52. The highest BCUT2D eigenvalue weighted by molar-refractivity contribution is 5.59. The summed E-state index contributed by atoms with van der Waals surface area (Å²) in [4.78, 5) is 16.8. The highest BCUT2D eigenvalue weighted by Gasteiger charge is 2.25. The SMILES string of the molecule is Cc1cnc(N(C)C(CCO)c2ccccc2)c([N+](=O)[O-])c1. The van der Waals surface area contributed by atoms with Crippen LogP contribution in [0, 0.1) is 17.0 Å². The fourth-order valence-electron chi connectivity index (χ4n) is 2.48. The zero-order chi connectivity index (χ0) is 16.1. The zero-order valence-corrected chi connectivity index (χ0v) is 12.6. The zero-order valence-electron chi connectivity index (χ0n) is 12.6. The number of aliphatic hydroxyl groups excluding tert-OH is 1. The van der Waals surface area contributed by atoms with Crippen LogP contribution in [0.3, 0.4) is 0 Å². The van der Waals surface area contributed by atoms with E-state index >= 15 is 0 Å². The van der Waals surface area contributed by atoms with Crippen LogP contribution < -0.4 is 4.90 Å². The van der Waals surface area contributed by atoms with Gasteiger partial charge in [-0.1, -0.05) is 30.3 Å². The van der Waals surface area contributed by atoms with Gasteiger partial charge in [0, 0.05) is 25.9 Å². The molecule has 1 atom stereocenters. The minimum absolute atomic E-state index is 0.0104. The minimum Gasteiger partial charge on any atom is -0.396 e. The first-order valence-corrected chi connectivity index (χ1v) is 7.04. The Morgan fingerprint density at radius 1 is 1.36 bits per heavy atom. The summed E-state index contributed by atoms with van der Waals surface area (Å²) in [7, 11) is 1.76. The van der Waals surface area contributed by atoms with Crippen LogP contribution in [0.1, 0.15) is 23.6 Å². The first-order chi connectivity index (χ1) is 10.5. The highest BCUT2D eigenvalue weighted by Crippen LogP contribution is 2.33. The number of nitrogens with zero attached hydrogens (tertiary/aromatic N) is 3. The number of aromatic nitrogens is 1. The number of pyridine rings is 1. The summed E-state index contributed by atoms with van der Waals surface area (Å²) in [5.74, 6) is 0.304. The van der Waals surface area contributed by atoms with Crippen molar-refractivity contribution in [2.75, 3.05) is 18.6 Å². The van der Waals surface area contributed by atoms with Gasteiger partial charge in [0.05, 0.1) is 11.0 Å². The molecule has 0 saturated heterocycles. The van der Waals surface area contributed by atoms with Crippen molar-refractivity contribution >= 4 is 11.5 Å². The third-order valence-corrected chi connectivity index (χ3v) is 3.57. The van der Waals surface area contributed by atoms with E-state index in [-0.39, 0.29) is 18.3 Å². The number of hydrogen-bond acceptors (Lipinski definition) is 5. The van der Waals surface area contributed by atoms with Crippen molar-refractivity contribution in [3.63, 3.8) is 0 Å². The molecule has 22 heavy (non-hydrogen) atoms. The molecule has 1 N–H and O–H groups in total. The van der Waals surface area contributed by atoms with Crippen LogP contribution in [0.15, 0.2) is 42.6 Å². The smallest absolute Gasteiger partial charge is 0.311 e. The Balaban J connectivity index is 2.43. The first kappa shape index (κ1) is 15.9. The monoisotopic (exact) mass is 301 g/mol. The van der Waals surface area contributed by atoms with E-state index in [4.69, 9.17) is 0 Å². The maximum absolute atomic E-state index is 11.3. The van der Waals surface area contributed by atoms with E-state index in [1.165, 1.54) is 6.07 Å². The Hall–Kier alpha value is -2.47. The van der Waals surface area contributed by atoms with Crippen molar-refractivity contribution in [3.05, 3.63) is 63.8 Å². The minimum atomic E-state index is -0.424. The predicted molar refractivity (Wildman–Crippen MR) is 84.9 cm³/mol. The molecule has 0 aliphatic carbocycles. The summed E-state index contributed by atoms with van der Waals surface area (Å²) >= 11 is 0. The third-order valence-electron chi connectivity index (χ3n) is 3.57. The van der Waals surface area contributed by atoms with Crippen LogP contribution in [0.25, 0.3) is 0 Å². The van der Waals surface area contributed by atoms with Gasteiger partial charge in [-0.3, -0.25) is 10.1 Å². The molecule has 0 amide bonds. The number of rotatable bonds is 6. The van der Waals surface area contributed by atoms with E-state index in [9.17, 15) is 15.2 Å². The molecule has 2 rings (SSSR count). The van der Waals surface area contributed by atoms with E-state index in [0.717, 1.165) is 11.1 Å². The number of hydrogen-bond donors (Lipinski definition) is 1. The number of aryl methyl sites for hydroxylation is 1. The van der Waals surface area contributed by atoms with Gasteiger partial charge < -0.3 is 10.0 Å². The Morgan fingerprint density at radius 3 is 2.64 bits per heavy atom. The molecule has 1 aromatic carbocycles. The summed E-state index contributed by atoms with van der Waals surface area (Å²) in [5.41, 5.74) is 1.69. The van der Waals surface area contributed by atoms with Gasteiger partial charge in [0.25, 0.3) is 0 Å². The molecule has 2 aromatic rings.